The average molecular weight is 255 g/mol. The molecule has 3 heteroatoms. The van der Waals surface area contributed by atoms with Crippen molar-refractivity contribution in [2.24, 2.45) is 5.41 Å². The molecule has 0 heterocycles. The normalized spacial score (nSPS) is 11.4. The summed E-state index contributed by atoms with van der Waals surface area (Å²) in [7, 11) is 1.59. The fourth-order valence-electron chi connectivity index (χ4n) is 1.49. The first-order valence-electron chi connectivity index (χ1n) is 5.70. The molecule has 0 saturated heterocycles. The maximum atomic E-state index is 11.8. The molecule has 1 rings (SSSR count). The minimum absolute atomic E-state index is 0.267. The number of ketones is 1. The number of carbonyl (C=O) groups is 1. The van der Waals surface area contributed by atoms with Crippen LogP contribution in [0.4, 0.5) is 0 Å². The molecule has 0 amide bonds. The van der Waals surface area contributed by atoms with E-state index in [1.54, 1.807) is 13.2 Å². The fraction of sp³-hybridized carbons (Fsp3) is 0.500. The van der Waals surface area contributed by atoms with Gasteiger partial charge < -0.3 is 4.74 Å². The summed E-state index contributed by atoms with van der Waals surface area (Å²) in [4.78, 5) is 11.8. The van der Waals surface area contributed by atoms with Crippen LogP contribution in [0.15, 0.2) is 18.2 Å². The number of methoxy groups -OCH3 is 1. The molecular weight excluding hydrogens is 236 g/mol. The lowest BCUT2D eigenvalue weighted by Crippen LogP contribution is -2.20. The third kappa shape index (κ3) is 4.04. The highest BCUT2D eigenvalue weighted by molar-refractivity contribution is 6.32. The second-order valence-electron chi connectivity index (χ2n) is 5.14. The number of ether oxygens (including phenoxy) is 1. The largest absolute Gasteiger partial charge is 0.495 e. The van der Waals surface area contributed by atoms with Crippen LogP contribution in [0.25, 0.3) is 0 Å². The lowest BCUT2D eigenvalue weighted by molar-refractivity contribution is -0.126. The van der Waals surface area contributed by atoms with Crippen molar-refractivity contribution in [3.63, 3.8) is 0 Å². The summed E-state index contributed by atoms with van der Waals surface area (Å²) in [5, 5.41) is 0.596. The quantitative estimate of drug-likeness (QED) is 0.815. The number of Topliss-reactive ketones (excluding diaryl/α,β-unsaturated/α-hetero) is 1. The van der Waals surface area contributed by atoms with Crippen LogP contribution in [-0.4, -0.2) is 12.9 Å². The first kappa shape index (κ1) is 14.0. The van der Waals surface area contributed by atoms with Gasteiger partial charge in [-0.05, 0) is 24.1 Å². The number of rotatable bonds is 4. The predicted molar refractivity (Wildman–Crippen MR) is 70.8 cm³/mol. The Kier molecular flexibility index (Phi) is 4.58. The predicted octanol–water partition coefficient (Wildman–Crippen LogP) is 3.90. The minimum Gasteiger partial charge on any atom is -0.495 e. The Bertz CT molecular complexity index is 405. The van der Waals surface area contributed by atoms with Crippen molar-refractivity contribution in [3.8, 4) is 5.75 Å². The molecule has 1 aromatic carbocycles. The molecule has 0 unspecified atom stereocenters. The smallest absolute Gasteiger partial charge is 0.138 e. The Hall–Kier alpha value is -1.02. The SMILES string of the molecule is COc1cc(CCC(=O)C(C)(C)C)ccc1Cl. The molecule has 0 N–H and O–H groups in total. The van der Waals surface area contributed by atoms with Crippen LogP contribution < -0.4 is 4.74 Å². The molecule has 0 aliphatic carbocycles. The molecule has 0 aliphatic rings. The molecule has 0 atom stereocenters. The lowest BCUT2D eigenvalue weighted by Gasteiger charge is -2.16. The van der Waals surface area contributed by atoms with Crippen LogP contribution >= 0.6 is 11.6 Å². The van der Waals surface area contributed by atoms with Crippen LogP contribution in [-0.2, 0) is 11.2 Å². The van der Waals surface area contributed by atoms with E-state index >= 15 is 0 Å². The van der Waals surface area contributed by atoms with Crippen molar-refractivity contribution in [2.75, 3.05) is 7.11 Å². The van der Waals surface area contributed by atoms with Crippen LogP contribution in [0.3, 0.4) is 0 Å². The van der Waals surface area contributed by atoms with E-state index in [0.717, 1.165) is 12.0 Å². The first-order valence-corrected chi connectivity index (χ1v) is 6.08. The molecule has 0 aromatic heterocycles. The Balaban J connectivity index is 2.67. The van der Waals surface area contributed by atoms with Crippen molar-refractivity contribution in [1.82, 2.24) is 0 Å². The molecule has 2 nitrogen and oxygen atoms in total. The van der Waals surface area contributed by atoms with Crippen molar-refractivity contribution >= 4 is 17.4 Å². The molecule has 0 fully saturated rings. The Morgan fingerprint density at radius 1 is 1.35 bits per heavy atom. The highest BCUT2D eigenvalue weighted by atomic mass is 35.5. The molecule has 1 aromatic rings. The monoisotopic (exact) mass is 254 g/mol. The summed E-state index contributed by atoms with van der Waals surface area (Å²) in [5.74, 6) is 0.929. The molecule has 0 radical (unpaired) electrons. The van der Waals surface area contributed by atoms with E-state index in [9.17, 15) is 4.79 Å². The van der Waals surface area contributed by atoms with Crippen molar-refractivity contribution in [2.45, 2.75) is 33.6 Å². The Morgan fingerprint density at radius 3 is 2.53 bits per heavy atom. The number of hydrogen-bond donors (Lipinski definition) is 0. The van der Waals surface area contributed by atoms with Crippen LogP contribution in [0.5, 0.6) is 5.75 Å². The molecule has 0 bridgehead atoms. The van der Waals surface area contributed by atoms with Crippen molar-refractivity contribution in [3.05, 3.63) is 28.8 Å². The topological polar surface area (TPSA) is 26.3 Å². The molecular formula is C14H19ClO2. The lowest BCUT2D eigenvalue weighted by atomic mass is 9.87. The Labute approximate surface area is 108 Å². The van der Waals surface area contributed by atoms with Gasteiger partial charge in [-0.25, -0.2) is 0 Å². The van der Waals surface area contributed by atoms with Gasteiger partial charge in [-0.1, -0.05) is 38.4 Å². The summed E-state index contributed by atoms with van der Waals surface area (Å²) >= 11 is 5.94. The first-order chi connectivity index (χ1) is 7.84. The third-order valence-corrected chi connectivity index (χ3v) is 3.01. The Morgan fingerprint density at radius 2 is 2.00 bits per heavy atom. The van der Waals surface area contributed by atoms with Gasteiger partial charge in [0.25, 0.3) is 0 Å². The van der Waals surface area contributed by atoms with Crippen molar-refractivity contribution in [1.29, 1.82) is 0 Å². The van der Waals surface area contributed by atoms with E-state index in [1.807, 2.05) is 32.9 Å². The summed E-state index contributed by atoms with van der Waals surface area (Å²) in [6.45, 7) is 5.83. The standard InChI is InChI=1S/C14H19ClO2/c1-14(2,3)13(16)8-6-10-5-7-11(15)12(9-10)17-4/h5,7,9H,6,8H2,1-4H3. The molecule has 17 heavy (non-hydrogen) atoms. The average Bonchev–Trinajstić information content (AvgIpc) is 2.26. The van der Waals surface area contributed by atoms with E-state index in [2.05, 4.69) is 0 Å². The molecule has 0 saturated carbocycles. The number of hydrogen-bond acceptors (Lipinski definition) is 2. The van der Waals surface area contributed by atoms with Gasteiger partial charge in [-0.3, -0.25) is 4.79 Å². The number of aryl methyl sites for hydroxylation is 1. The van der Waals surface area contributed by atoms with Gasteiger partial charge in [0, 0.05) is 11.8 Å². The maximum Gasteiger partial charge on any atom is 0.138 e. The van der Waals surface area contributed by atoms with Gasteiger partial charge in [0.05, 0.1) is 12.1 Å². The molecule has 0 aliphatic heterocycles. The maximum absolute atomic E-state index is 11.8. The van der Waals surface area contributed by atoms with Gasteiger partial charge in [0.1, 0.15) is 11.5 Å². The van der Waals surface area contributed by atoms with Gasteiger partial charge >= 0.3 is 0 Å². The van der Waals surface area contributed by atoms with E-state index in [1.165, 1.54) is 0 Å². The number of benzene rings is 1. The van der Waals surface area contributed by atoms with Gasteiger partial charge in [0.15, 0.2) is 0 Å². The molecule has 94 valence electrons. The summed E-state index contributed by atoms with van der Waals surface area (Å²) in [5.41, 5.74) is 0.806. The van der Waals surface area contributed by atoms with Gasteiger partial charge in [-0.15, -0.1) is 0 Å². The van der Waals surface area contributed by atoms with Gasteiger partial charge in [0.2, 0.25) is 0 Å². The highest BCUT2D eigenvalue weighted by Crippen LogP contribution is 2.26. The highest BCUT2D eigenvalue weighted by Gasteiger charge is 2.20. The van der Waals surface area contributed by atoms with Gasteiger partial charge in [-0.2, -0.15) is 0 Å². The second kappa shape index (κ2) is 5.54. The van der Waals surface area contributed by atoms with Crippen LogP contribution in [0.2, 0.25) is 5.02 Å². The van der Waals surface area contributed by atoms with Crippen LogP contribution in [0, 0.1) is 5.41 Å². The second-order valence-corrected chi connectivity index (χ2v) is 5.55. The van der Waals surface area contributed by atoms with E-state index in [0.29, 0.717) is 17.2 Å². The molecule has 0 spiro atoms. The van der Waals surface area contributed by atoms with E-state index in [4.69, 9.17) is 16.3 Å². The number of halogens is 1. The number of carbonyl (C=O) groups excluding carboxylic acids is 1. The zero-order chi connectivity index (χ0) is 13.1. The minimum atomic E-state index is -0.267. The van der Waals surface area contributed by atoms with E-state index < -0.39 is 0 Å². The van der Waals surface area contributed by atoms with Crippen molar-refractivity contribution < 1.29 is 9.53 Å². The van der Waals surface area contributed by atoms with E-state index in [-0.39, 0.29) is 11.2 Å². The van der Waals surface area contributed by atoms with Crippen LogP contribution in [0.1, 0.15) is 32.8 Å². The zero-order valence-corrected chi connectivity index (χ0v) is 11.6. The summed E-state index contributed by atoms with van der Waals surface area (Å²) < 4.78 is 5.14. The summed E-state index contributed by atoms with van der Waals surface area (Å²) in [6, 6.07) is 5.62. The zero-order valence-electron chi connectivity index (χ0n) is 10.8. The third-order valence-electron chi connectivity index (χ3n) is 2.69. The fourth-order valence-corrected chi connectivity index (χ4v) is 1.69. The summed E-state index contributed by atoms with van der Waals surface area (Å²) in [6.07, 6.45) is 1.28.